The molecule has 136 valence electrons. The van der Waals surface area contributed by atoms with E-state index in [0.717, 1.165) is 24.0 Å². The number of nitrogens with one attached hydrogen (secondary N) is 1. The summed E-state index contributed by atoms with van der Waals surface area (Å²) in [6.45, 7) is 5.88. The van der Waals surface area contributed by atoms with Crippen LogP contribution in [0.1, 0.15) is 41.0 Å². The van der Waals surface area contributed by atoms with Gasteiger partial charge in [0.05, 0.1) is 11.3 Å². The summed E-state index contributed by atoms with van der Waals surface area (Å²) in [6, 6.07) is 14.4. The van der Waals surface area contributed by atoms with Crippen LogP contribution in [-0.4, -0.2) is 29.8 Å². The number of nitrogens with zero attached hydrogens (tertiary/aromatic N) is 1. The zero-order valence-corrected chi connectivity index (χ0v) is 16.6. The third kappa shape index (κ3) is 4.33. The minimum Gasteiger partial charge on any atom is -0.338 e. The first-order valence-corrected chi connectivity index (χ1v) is 9.68. The molecule has 4 nitrogen and oxygen atoms in total. The Kier molecular flexibility index (Phi) is 5.77. The molecule has 1 fully saturated rings. The van der Waals surface area contributed by atoms with E-state index in [1.807, 2.05) is 29.2 Å². The molecule has 2 atom stereocenters. The van der Waals surface area contributed by atoms with Crippen molar-refractivity contribution in [3.63, 3.8) is 0 Å². The summed E-state index contributed by atoms with van der Waals surface area (Å²) in [7, 11) is 0. The fraction of sp³-hybridized carbons (Fsp3) is 0.333. The molecule has 0 aromatic heterocycles. The number of amides is 2. The van der Waals surface area contributed by atoms with Crippen LogP contribution in [0.5, 0.6) is 0 Å². The first-order valence-electron chi connectivity index (χ1n) is 8.89. The van der Waals surface area contributed by atoms with Gasteiger partial charge in [-0.3, -0.25) is 9.59 Å². The lowest BCUT2D eigenvalue weighted by atomic mass is 9.91. The van der Waals surface area contributed by atoms with Gasteiger partial charge in [-0.25, -0.2) is 0 Å². The van der Waals surface area contributed by atoms with Crippen LogP contribution in [0.4, 0.5) is 5.69 Å². The summed E-state index contributed by atoms with van der Waals surface area (Å²) in [4.78, 5) is 27.5. The molecule has 1 aliphatic rings. The van der Waals surface area contributed by atoms with Gasteiger partial charge in [-0.05, 0) is 48.6 Å². The molecule has 1 N–H and O–H groups in total. The predicted molar refractivity (Wildman–Crippen MR) is 107 cm³/mol. The molecule has 0 radical (unpaired) electrons. The number of hydrogen-bond donors (Lipinski definition) is 1. The van der Waals surface area contributed by atoms with Gasteiger partial charge in [0.1, 0.15) is 0 Å². The van der Waals surface area contributed by atoms with E-state index in [1.54, 1.807) is 24.3 Å². The Balaban J connectivity index is 1.82. The largest absolute Gasteiger partial charge is 0.338 e. The molecule has 2 aromatic carbocycles. The Bertz CT molecular complexity index is 811. The lowest BCUT2D eigenvalue weighted by molar-refractivity contribution is 0.0624. The molecule has 0 bridgehead atoms. The van der Waals surface area contributed by atoms with E-state index >= 15 is 0 Å². The lowest BCUT2D eigenvalue weighted by Gasteiger charge is -2.35. The highest BCUT2D eigenvalue weighted by Gasteiger charge is 2.27. The summed E-state index contributed by atoms with van der Waals surface area (Å²) >= 11 is 3.38. The summed E-state index contributed by atoms with van der Waals surface area (Å²) in [5.74, 6) is 0.734. The van der Waals surface area contributed by atoms with Crippen molar-refractivity contribution in [2.75, 3.05) is 18.4 Å². The fourth-order valence-electron chi connectivity index (χ4n) is 3.60. The smallest absolute Gasteiger partial charge is 0.255 e. The second kappa shape index (κ2) is 8.04. The molecular weight excluding hydrogens is 392 g/mol. The molecule has 1 aliphatic heterocycles. The highest BCUT2D eigenvalue weighted by molar-refractivity contribution is 9.10. The maximum Gasteiger partial charge on any atom is 0.255 e. The Labute approximate surface area is 162 Å². The molecule has 2 aromatic rings. The van der Waals surface area contributed by atoms with E-state index in [1.165, 1.54) is 0 Å². The van der Waals surface area contributed by atoms with Gasteiger partial charge >= 0.3 is 0 Å². The van der Waals surface area contributed by atoms with Crippen molar-refractivity contribution in [1.82, 2.24) is 4.90 Å². The van der Waals surface area contributed by atoms with Gasteiger partial charge < -0.3 is 10.2 Å². The quantitative estimate of drug-likeness (QED) is 0.782. The average molecular weight is 415 g/mol. The number of halogens is 1. The van der Waals surface area contributed by atoms with Crippen molar-refractivity contribution in [2.45, 2.75) is 20.3 Å². The SMILES string of the molecule is CC1CC(C)CN(C(=O)c2ccccc2NC(=O)c2cccc(Br)c2)C1. The standard InChI is InChI=1S/C21H23BrN2O2/c1-14-10-15(2)13-24(12-14)21(26)18-8-3-4-9-19(18)23-20(25)16-6-5-7-17(22)11-16/h3-9,11,14-15H,10,12-13H2,1-2H3,(H,23,25). The van der Waals surface area contributed by atoms with Crippen molar-refractivity contribution in [1.29, 1.82) is 0 Å². The maximum absolute atomic E-state index is 13.1. The van der Waals surface area contributed by atoms with E-state index < -0.39 is 0 Å². The van der Waals surface area contributed by atoms with Crippen LogP contribution in [0.25, 0.3) is 0 Å². The van der Waals surface area contributed by atoms with Crippen LogP contribution in [0, 0.1) is 11.8 Å². The van der Waals surface area contributed by atoms with Crippen molar-refractivity contribution in [3.8, 4) is 0 Å². The number of benzene rings is 2. The van der Waals surface area contributed by atoms with E-state index in [0.29, 0.717) is 28.7 Å². The van der Waals surface area contributed by atoms with Gasteiger partial charge in [0.2, 0.25) is 0 Å². The summed E-state index contributed by atoms with van der Waals surface area (Å²) in [5, 5.41) is 2.89. The molecule has 26 heavy (non-hydrogen) atoms. The van der Waals surface area contributed by atoms with E-state index in [-0.39, 0.29) is 11.8 Å². The number of rotatable bonds is 3. The van der Waals surface area contributed by atoms with Crippen LogP contribution in [-0.2, 0) is 0 Å². The third-order valence-electron chi connectivity index (χ3n) is 4.65. The first-order chi connectivity index (χ1) is 12.4. The highest BCUT2D eigenvalue weighted by atomic mass is 79.9. The van der Waals surface area contributed by atoms with E-state index in [2.05, 4.69) is 35.1 Å². The van der Waals surface area contributed by atoms with Crippen LogP contribution >= 0.6 is 15.9 Å². The van der Waals surface area contributed by atoms with Gasteiger partial charge in [-0.1, -0.05) is 48.0 Å². The zero-order valence-electron chi connectivity index (χ0n) is 15.0. The number of carbonyl (C=O) groups is 2. The van der Waals surface area contributed by atoms with Gasteiger partial charge in [-0.15, -0.1) is 0 Å². The number of carbonyl (C=O) groups excluding carboxylic acids is 2. The Morgan fingerprint density at radius 2 is 1.73 bits per heavy atom. The number of piperidine rings is 1. The number of likely N-dealkylation sites (tertiary alicyclic amines) is 1. The highest BCUT2D eigenvalue weighted by Crippen LogP contribution is 2.25. The zero-order chi connectivity index (χ0) is 18.7. The second-order valence-electron chi connectivity index (χ2n) is 7.17. The second-order valence-corrected chi connectivity index (χ2v) is 8.08. The van der Waals surface area contributed by atoms with Gasteiger partial charge in [-0.2, -0.15) is 0 Å². The van der Waals surface area contributed by atoms with Crippen molar-refractivity contribution >= 4 is 33.4 Å². The Hall–Kier alpha value is -2.14. The van der Waals surface area contributed by atoms with E-state index in [4.69, 9.17) is 0 Å². The number of para-hydroxylation sites is 1. The molecule has 0 aliphatic carbocycles. The van der Waals surface area contributed by atoms with Gasteiger partial charge in [0, 0.05) is 23.1 Å². The normalized spacial score (nSPS) is 19.9. The Morgan fingerprint density at radius 1 is 1.04 bits per heavy atom. The minimum atomic E-state index is -0.230. The molecule has 0 saturated carbocycles. The Morgan fingerprint density at radius 3 is 2.42 bits per heavy atom. The van der Waals surface area contributed by atoms with Crippen molar-refractivity contribution < 1.29 is 9.59 Å². The van der Waals surface area contributed by atoms with Crippen LogP contribution in [0.3, 0.4) is 0 Å². The first kappa shape index (κ1) is 18.6. The fourth-order valence-corrected chi connectivity index (χ4v) is 4.00. The molecule has 5 heteroatoms. The van der Waals surface area contributed by atoms with Crippen molar-refractivity contribution in [2.24, 2.45) is 11.8 Å². The summed E-state index contributed by atoms with van der Waals surface area (Å²) in [6.07, 6.45) is 1.14. The molecule has 0 spiro atoms. The van der Waals surface area contributed by atoms with Crippen molar-refractivity contribution in [3.05, 3.63) is 64.1 Å². The number of anilines is 1. The minimum absolute atomic E-state index is 0.0199. The van der Waals surface area contributed by atoms with Crippen LogP contribution in [0.2, 0.25) is 0 Å². The monoisotopic (exact) mass is 414 g/mol. The summed E-state index contributed by atoms with van der Waals surface area (Å²) < 4.78 is 0.839. The average Bonchev–Trinajstić information content (AvgIpc) is 2.61. The molecule has 2 amide bonds. The van der Waals surface area contributed by atoms with Gasteiger partial charge in [0.25, 0.3) is 11.8 Å². The molecule has 2 unspecified atom stereocenters. The molecule has 1 heterocycles. The number of hydrogen-bond acceptors (Lipinski definition) is 2. The molecule has 3 rings (SSSR count). The maximum atomic E-state index is 13.1. The topological polar surface area (TPSA) is 49.4 Å². The third-order valence-corrected chi connectivity index (χ3v) is 5.14. The lowest BCUT2D eigenvalue weighted by Crippen LogP contribution is -2.42. The van der Waals surface area contributed by atoms with Crippen LogP contribution in [0.15, 0.2) is 53.0 Å². The predicted octanol–water partition coefficient (Wildman–Crippen LogP) is 4.82. The van der Waals surface area contributed by atoms with Gasteiger partial charge in [0.15, 0.2) is 0 Å². The van der Waals surface area contributed by atoms with E-state index in [9.17, 15) is 9.59 Å². The molecular formula is C21H23BrN2O2. The van der Waals surface area contributed by atoms with Crippen LogP contribution < -0.4 is 5.32 Å². The molecule has 1 saturated heterocycles. The summed E-state index contributed by atoms with van der Waals surface area (Å²) in [5.41, 5.74) is 1.63.